The number of carbonyl (C=O) groups is 1. The van der Waals surface area contributed by atoms with Crippen molar-refractivity contribution >= 4 is 39.2 Å². The predicted molar refractivity (Wildman–Crippen MR) is 140 cm³/mol. The SMILES string of the molecule is Cc1ccccc1-n1c(SCC(=O)NCCc2ccccc2)nc2sc3c(c2c1=O)CCCC3. The Labute approximate surface area is 207 Å². The van der Waals surface area contributed by atoms with E-state index in [0.717, 1.165) is 53.6 Å². The number of aromatic nitrogens is 2. The van der Waals surface area contributed by atoms with Crippen LogP contribution >= 0.6 is 23.1 Å². The molecule has 0 atom stereocenters. The number of para-hydroxylation sites is 1. The van der Waals surface area contributed by atoms with Crippen molar-refractivity contribution in [1.82, 2.24) is 14.9 Å². The van der Waals surface area contributed by atoms with Crippen LogP contribution in [0.2, 0.25) is 0 Å². The Morgan fingerprint density at radius 1 is 1.09 bits per heavy atom. The van der Waals surface area contributed by atoms with Crippen molar-refractivity contribution in [3.8, 4) is 5.69 Å². The molecule has 1 N–H and O–H groups in total. The van der Waals surface area contributed by atoms with Crippen LogP contribution in [0.15, 0.2) is 64.5 Å². The van der Waals surface area contributed by atoms with Gasteiger partial charge in [-0.05, 0) is 61.8 Å². The van der Waals surface area contributed by atoms with Gasteiger partial charge in [-0.2, -0.15) is 0 Å². The lowest BCUT2D eigenvalue weighted by molar-refractivity contribution is -0.118. The highest BCUT2D eigenvalue weighted by Crippen LogP contribution is 2.35. The second-order valence-corrected chi connectivity index (χ2v) is 10.6. The van der Waals surface area contributed by atoms with Crippen molar-refractivity contribution in [1.29, 1.82) is 0 Å². The molecule has 2 heterocycles. The van der Waals surface area contributed by atoms with E-state index in [2.05, 4.69) is 17.4 Å². The first-order chi connectivity index (χ1) is 16.6. The van der Waals surface area contributed by atoms with E-state index in [9.17, 15) is 9.59 Å². The van der Waals surface area contributed by atoms with Crippen LogP contribution in [0.4, 0.5) is 0 Å². The molecule has 5 nitrogen and oxygen atoms in total. The van der Waals surface area contributed by atoms with Gasteiger partial charge in [0.2, 0.25) is 5.91 Å². The molecule has 174 valence electrons. The minimum absolute atomic E-state index is 0.0225. The van der Waals surface area contributed by atoms with Gasteiger partial charge in [0.05, 0.1) is 16.8 Å². The van der Waals surface area contributed by atoms with E-state index in [1.165, 1.54) is 27.8 Å². The molecule has 0 spiro atoms. The lowest BCUT2D eigenvalue weighted by Crippen LogP contribution is -2.28. The van der Waals surface area contributed by atoms with Crippen LogP contribution in [-0.2, 0) is 24.1 Å². The van der Waals surface area contributed by atoms with Gasteiger partial charge >= 0.3 is 0 Å². The van der Waals surface area contributed by atoms with Crippen LogP contribution in [0.5, 0.6) is 0 Å². The molecule has 7 heteroatoms. The Kier molecular flexibility index (Phi) is 6.83. The van der Waals surface area contributed by atoms with Crippen molar-refractivity contribution in [3.05, 3.63) is 86.5 Å². The number of amides is 1. The van der Waals surface area contributed by atoms with Crippen LogP contribution in [0.1, 0.15) is 34.4 Å². The molecule has 0 fully saturated rings. The number of carbonyl (C=O) groups excluding carboxylic acids is 1. The number of thiophene rings is 1. The normalized spacial score (nSPS) is 13.1. The van der Waals surface area contributed by atoms with Crippen molar-refractivity contribution in [3.63, 3.8) is 0 Å². The molecule has 5 rings (SSSR count). The average molecular weight is 490 g/mol. The summed E-state index contributed by atoms with van der Waals surface area (Å²) in [6.07, 6.45) is 5.03. The van der Waals surface area contributed by atoms with Gasteiger partial charge in [0.1, 0.15) is 4.83 Å². The lowest BCUT2D eigenvalue weighted by atomic mass is 9.97. The van der Waals surface area contributed by atoms with Crippen LogP contribution in [0.25, 0.3) is 15.9 Å². The Hall–Kier alpha value is -2.90. The van der Waals surface area contributed by atoms with E-state index in [1.807, 2.05) is 49.4 Å². The maximum absolute atomic E-state index is 13.8. The van der Waals surface area contributed by atoms with Gasteiger partial charge in [0.25, 0.3) is 5.56 Å². The average Bonchev–Trinajstić information content (AvgIpc) is 3.23. The van der Waals surface area contributed by atoms with E-state index in [-0.39, 0.29) is 17.2 Å². The van der Waals surface area contributed by atoms with Crippen LogP contribution < -0.4 is 10.9 Å². The highest BCUT2D eigenvalue weighted by atomic mass is 32.2. The molecule has 1 amide bonds. The molecule has 0 unspecified atom stereocenters. The summed E-state index contributed by atoms with van der Waals surface area (Å²) in [6, 6.07) is 18.0. The third-order valence-electron chi connectivity index (χ3n) is 6.23. The molecule has 1 aliphatic rings. The van der Waals surface area contributed by atoms with Crippen molar-refractivity contribution in [2.24, 2.45) is 0 Å². The lowest BCUT2D eigenvalue weighted by Gasteiger charge is -2.15. The summed E-state index contributed by atoms with van der Waals surface area (Å²) in [5.74, 6) is 0.154. The second-order valence-electron chi connectivity index (χ2n) is 8.59. The molecule has 0 saturated carbocycles. The van der Waals surface area contributed by atoms with Crippen LogP contribution in [0, 0.1) is 6.92 Å². The highest BCUT2D eigenvalue weighted by molar-refractivity contribution is 7.99. The minimum atomic E-state index is -0.0583. The number of nitrogens with zero attached hydrogens (tertiary/aromatic N) is 2. The molecular weight excluding hydrogens is 462 g/mol. The van der Waals surface area contributed by atoms with Crippen molar-refractivity contribution in [2.75, 3.05) is 12.3 Å². The quantitative estimate of drug-likeness (QED) is 0.290. The second kappa shape index (κ2) is 10.2. The number of fused-ring (bicyclic) bond motifs is 3. The first-order valence-corrected chi connectivity index (χ1v) is 13.5. The zero-order chi connectivity index (χ0) is 23.5. The third kappa shape index (κ3) is 4.68. The molecule has 0 bridgehead atoms. The van der Waals surface area contributed by atoms with E-state index in [0.29, 0.717) is 11.7 Å². The van der Waals surface area contributed by atoms with Gasteiger partial charge in [-0.3, -0.25) is 14.2 Å². The highest BCUT2D eigenvalue weighted by Gasteiger charge is 2.23. The monoisotopic (exact) mass is 489 g/mol. The van der Waals surface area contributed by atoms with E-state index in [4.69, 9.17) is 4.98 Å². The predicted octanol–water partition coefficient (Wildman–Crippen LogP) is 5.09. The first-order valence-electron chi connectivity index (χ1n) is 11.7. The fourth-order valence-electron chi connectivity index (χ4n) is 4.48. The maximum Gasteiger partial charge on any atom is 0.267 e. The standard InChI is InChI=1S/C27H27N3O2S2/c1-18-9-5-7-13-21(18)30-26(32)24-20-12-6-8-14-22(20)34-25(24)29-27(30)33-17-23(31)28-16-15-19-10-3-2-4-11-19/h2-5,7,9-11,13H,6,8,12,14-17H2,1H3,(H,28,31). The number of nitrogens with one attached hydrogen (secondary N) is 1. The fraction of sp³-hybridized carbons (Fsp3) is 0.296. The fourth-order valence-corrected chi connectivity index (χ4v) is 6.62. The maximum atomic E-state index is 13.8. The molecule has 4 aromatic rings. The Morgan fingerprint density at radius 2 is 1.85 bits per heavy atom. The minimum Gasteiger partial charge on any atom is -0.355 e. The Bertz CT molecular complexity index is 1390. The number of benzene rings is 2. The molecule has 0 saturated heterocycles. The van der Waals surface area contributed by atoms with Crippen molar-refractivity contribution < 1.29 is 4.79 Å². The van der Waals surface area contributed by atoms with Crippen LogP contribution in [0.3, 0.4) is 0 Å². The van der Waals surface area contributed by atoms with Gasteiger partial charge in [-0.1, -0.05) is 60.3 Å². The molecular formula is C27H27N3O2S2. The molecule has 0 aliphatic heterocycles. The summed E-state index contributed by atoms with van der Waals surface area (Å²) in [5, 5.41) is 4.33. The largest absolute Gasteiger partial charge is 0.355 e. The zero-order valence-corrected chi connectivity index (χ0v) is 20.8. The van der Waals surface area contributed by atoms with E-state index >= 15 is 0 Å². The number of hydrogen-bond donors (Lipinski definition) is 1. The number of hydrogen-bond acceptors (Lipinski definition) is 5. The summed E-state index contributed by atoms with van der Waals surface area (Å²) in [7, 11) is 0. The van der Waals surface area contributed by atoms with Gasteiger partial charge < -0.3 is 5.32 Å². The number of aryl methyl sites for hydroxylation is 3. The topological polar surface area (TPSA) is 64.0 Å². The summed E-state index contributed by atoms with van der Waals surface area (Å²) >= 11 is 2.97. The van der Waals surface area contributed by atoms with Crippen molar-refractivity contribution in [2.45, 2.75) is 44.2 Å². The third-order valence-corrected chi connectivity index (χ3v) is 8.35. The number of rotatable bonds is 7. The van der Waals surface area contributed by atoms with Gasteiger partial charge in [0.15, 0.2) is 5.16 Å². The summed E-state index contributed by atoms with van der Waals surface area (Å²) in [6.45, 7) is 2.58. The Morgan fingerprint density at radius 3 is 2.68 bits per heavy atom. The van der Waals surface area contributed by atoms with Gasteiger partial charge in [0, 0.05) is 11.4 Å². The molecule has 2 aromatic carbocycles. The van der Waals surface area contributed by atoms with Crippen LogP contribution in [-0.4, -0.2) is 27.8 Å². The molecule has 34 heavy (non-hydrogen) atoms. The molecule has 0 radical (unpaired) electrons. The molecule has 1 aliphatic carbocycles. The summed E-state index contributed by atoms with van der Waals surface area (Å²) in [5.41, 5.74) is 4.18. The smallest absolute Gasteiger partial charge is 0.267 e. The van der Waals surface area contributed by atoms with E-state index in [1.54, 1.807) is 15.9 Å². The Balaban J connectivity index is 1.43. The van der Waals surface area contributed by atoms with Gasteiger partial charge in [-0.15, -0.1) is 11.3 Å². The summed E-state index contributed by atoms with van der Waals surface area (Å²) in [4.78, 5) is 33.4. The van der Waals surface area contributed by atoms with Gasteiger partial charge in [-0.25, -0.2) is 4.98 Å². The summed E-state index contributed by atoms with van der Waals surface area (Å²) < 4.78 is 1.71. The molecule has 2 aromatic heterocycles. The first kappa shape index (κ1) is 22.9. The zero-order valence-electron chi connectivity index (χ0n) is 19.2. The van der Waals surface area contributed by atoms with E-state index < -0.39 is 0 Å². The number of thioether (sulfide) groups is 1.